The van der Waals surface area contributed by atoms with Gasteiger partial charge < -0.3 is 43.6 Å². The van der Waals surface area contributed by atoms with Crippen LogP contribution in [0.4, 0.5) is 16.2 Å². The van der Waals surface area contributed by atoms with E-state index in [0.29, 0.717) is 86.4 Å². The van der Waals surface area contributed by atoms with Crippen LogP contribution in [0.5, 0.6) is 23.0 Å². The number of unbranched alkanes of at least 4 members (excludes halogenated alkanes) is 2. The first-order valence-electron chi connectivity index (χ1n) is 21.5. The normalized spacial score (nSPS) is 16.6. The lowest BCUT2D eigenvalue weighted by molar-refractivity contribution is 0.0685. The van der Waals surface area contributed by atoms with Crippen molar-refractivity contribution in [1.29, 1.82) is 0 Å². The molecule has 13 nitrogen and oxygen atoms in total. The number of hydrogen-bond acceptors (Lipinski definition) is 10. The molecule has 3 aromatic carbocycles. The quantitative estimate of drug-likeness (QED) is 0.0516. The Labute approximate surface area is 368 Å². The van der Waals surface area contributed by atoms with Crippen LogP contribution in [0.1, 0.15) is 92.5 Å². The van der Waals surface area contributed by atoms with E-state index in [9.17, 15) is 14.4 Å². The zero-order valence-electron chi connectivity index (χ0n) is 37.9. The summed E-state index contributed by atoms with van der Waals surface area (Å²) in [7, 11) is 1.03. The third-order valence-corrected chi connectivity index (χ3v) is 16.5. The van der Waals surface area contributed by atoms with Crippen molar-refractivity contribution in [2.75, 3.05) is 58.2 Å². The summed E-state index contributed by atoms with van der Waals surface area (Å²) in [4.78, 5) is 44.5. The molecule has 2 fully saturated rings. The largest absolute Gasteiger partial charge is 0.493 e. The van der Waals surface area contributed by atoms with E-state index in [1.807, 2.05) is 37.3 Å². The van der Waals surface area contributed by atoms with Gasteiger partial charge in [-0.15, -0.1) is 0 Å². The summed E-state index contributed by atoms with van der Waals surface area (Å²) in [5.74, 6) is 1.17. The molecule has 2 aliphatic rings. The molecule has 2 atom stereocenters. The Balaban J connectivity index is 1.18. The van der Waals surface area contributed by atoms with Crippen LogP contribution in [0, 0.1) is 0 Å². The summed E-state index contributed by atoms with van der Waals surface area (Å²) in [5.41, 5.74) is 10.5. The maximum Gasteiger partial charge on any atom is 0.411 e. The molecule has 336 valence electrons. The second-order valence-electron chi connectivity index (χ2n) is 17.6. The first-order valence-corrected chi connectivity index (χ1v) is 24.4. The molecule has 0 aliphatic carbocycles. The number of nitrogens with two attached hydrogens (primary N) is 1. The van der Waals surface area contributed by atoms with E-state index in [4.69, 9.17) is 33.8 Å². The summed E-state index contributed by atoms with van der Waals surface area (Å²) >= 11 is 0. The van der Waals surface area contributed by atoms with E-state index in [1.165, 1.54) is 14.2 Å². The number of anilines is 2. The molecule has 0 aromatic heterocycles. The maximum atomic E-state index is 14.0. The number of ether oxygens (including phenoxy) is 5. The number of benzene rings is 3. The van der Waals surface area contributed by atoms with Crippen LogP contribution in [0.25, 0.3) is 0 Å². The Kier molecular flexibility index (Phi) is 16.2. The molecule has 3 amide bonds. The van der Waals surface area contributed by atoms with Crippen LogP contribution in [0.3, 0.4) is 0 Å². The summed E-state index contributed by atoms with van der Waals surface area (Å²) < 4.78 is 35.6. The molecular formula is C48H66N4O9Si. The van der Waals surface area contributed by atoms with Crippen LogP contribution >= 0.6 is 0 Å². The highest BCUT2D eigenvalue weighted by atomic mass is 28.4. The fraction of sp³-hybridized carbons (Fsp3) is 0.479. The molecule has 0 bridgehead atoms. The van der Waals surface area contributed by atoms with Crippen molar-refractivity contribution in [1.82, 2.24) is 9.80 Å². The minimum Gasteiger partial charge on any atom is -0.493 e. The summed E-state index contributed by atoms with van der Waals surface area (Å²) in [5, 5.41) is 2.83. The smallest absolute Gasteiger partial charge is 0.411 e. The van der Waals surface area contributed by atoms with E-state index < -0.39 is 14.4 Å². The lowest BCUT2D eigenvalue weighted by atomic mass is 10.1. The number of nitrogen functional groups attached to an aromatic ring is 1. The van der Waals surface area contributed by atoms with Crippen molar-refractivity contribution in [3.63, 3.8) is 0 Å². The van der Waals surface area contributed by atoms with Crippen LogP contribution < -0.4 is 30.0 Å². The van der Waals surface area contributed by atoms with E-state index >= 15 is 0 Å². The number of nitrogens with zero attached hydrogens (tertiary/aromatic N) is 2. The molecule has 0 unspecified atom stereocenters. The standard InChI is InChI=1S/C48H66N4O9Si/c1-11-35-22-32(2)28-51(35)46(54)38-25-42(57-8)44(27-40(38)50-47(55)60-30-34-18-14-12-15-19-34)59-21-17-13-16-20-58-43-26-39(49)37(24-41(43)56-7)45(53)52-29-33(3)23-36(52)31-61-62(9,10)48(4,5)6/h12,14-15,18-19,24-27,35-36H,2-3,11,13,16-17,20-23,28-31,49H2,1,4-10H3,(H,50,55)/t35-,36+/m1/s1. The number of amides is 3. The first kappa shape index (κ1) is 47.6. The molecule has 0 spiro atoms. The Bertz CT molecular complexity index is 2080. The molecule has 5 rings (SSSR count). The minimum atomic E-state index is -2.02. The van der Waals surface area contributed by atoms with Gasteiger partial charge in [0.15, 0.2) is 31.3 Å². The molecule has 0 saturated carbocycles. The van der Waals surface area contributed by atoms with Gasteiger partial charge in [0.1, 0.15) is 6.61 Å². The Morgan fingerprint density at radius 3 is 1.92 bits per heavy atom. The van der Waals surface area contributed by atoms with Crippen molar-refractivity contribution < 1.29 is 42.5 Å². The number of hydrogen-bond donors (Lipinski definition) is 2. The van der Waals surface area contributed by atoms with Crippen LogP contribution in [0.15, 0.2) is 78.9 Å². The van der Waals surface area contributed by atoms with Gasteiger partial charge in [0.2, 0.25) is 0 Å². The number of carbonyl (C=O) groups excluding carboxylic acids is 3. The number of methoxy groups -OCH3 is 2. The van der Waals surface area contributed by atoms with Crippen molar-refractivity contribution in [3.05, 3.63) is 95.6 Å². The van der Waals surface area contributed by atoms with Crippen LogP contribution in [-0.2, 0) is 15.8 Å². The second kappa shape index (κ2) is 21.1. The van der Waals surface area contributed by atoms with Gasteiger partial charge in [-0.2, -0.15) is 0 Å². The van der Waals surface area contributed by atoms with Crippen LogP contribution in [-0.4, -0.2) is 95.2 Å². The summed E-state index contributed by atoms with van der Waals surface area (Å²) in [6, 6.07) is 15.7. The van der Waals surface area contributed by atoms with Crippen molar-refractivity contribution in [2.24, 2.45) is 0 Å². The highest BCUT2D eigenvalue weighted by Crippen LogP contribution is 2.39. The lowest BCUT2D eigenvalue weighted by Gasteiger charge is -2.38. The molecule has 3 N–H and O–H groups in total. The Morgan fingerprint density at radius 1 is 0.790 bits per heavy atom. The van der Waals surface area contributed by atoms with Gasteiger partial charge >= 0.3 is 6.09 Å². The second-order valence-corrected chi connectivity index (χ2v) is 22.5. The van der Waals surface area contributed by atoms with E-state index in [2.05, 4.69) is 52.3 Å². The minimum absolute atomic E-state index is 0.00764. The number of nitrogens with one attached hydrogen (secondary N) is 1. The average molecular weight is 871 g/mol. The fourth-order valence-corrected chi connectivity index (χ4v) is 8.38. The fourth-order valence-electron chi connectivity index (χ4n) is 7.34. The van der Waals surface area contributed by atoms with E-state index in [-0.39, 0.29) is 46.8 Å². The van der Waals surface area contributed by atoms with Gasteiger partial charge in [-0.3, -0.25) is 14.9 Å². The lowest BCUT2D eigenvalue weighted by Crippen LogP contribution is -2.46. The van der Waals surface area contributed by atoms with Gasteiger partial charge in [0, 0.05) is 37.0 Å². The molecule has 3 aromatic rings. The van der Waals surface area contributed by atoms with Gasteiger partial charge in [-0.05, 0) is 74.4 Å². The topological polar surface area (TPSA) is 151 Å². The van der Waals surface area contributed by atoms with Gasteiger partial charge in [-0.1, -0.05) is 82.3 Å². The molecule has 2 aliphatic heterocycles. The van der Waals surface area contributed by atoms with Crippen molar-refractivity contribution in [3.8, 4) is 23.0 Å². The van der Waals surface area contributed by atoms with Crippen molar-refractivity contribution >= 4 is 37.6 Å². The Morgan fingerprint density at radius 2 is 1.34 bits per heavy atom. The highest BCUT2D eigenvalue weighted by molar-refractivity contribution is 6.74. The predicted octanol–water partition coefficient (Wildman–Crippen LogP) is 9.64. The Hall–Kier alpha value is -5.47. The van der Waals surface area contributed by atoms with E-state index in [0.717, 1.165) is 36.0 Å². The summed E-state index contributed by atoms with van der Waals surface area (Å²) in [6.07, 6.45) is 3.62. The molecule has 2 heterocycles. The van der Waals surface area contributed by atoms with Crippen molar-refractivity contribution in [2.45, 2.75) is 103 Å². The maximum absolute atomic E-state index is 14.0. The zero-order valence-corrected chi connectivity index (χ0v) is 38.9. The molecule has 0 radical (unpaired) electrons. The molecular weight excluding hydrogens is 805 g/mol. The predicted molar refractivity (Wildman–Crippen MR) is 246 cm³/mol. The highest BCUT2D eigenvalue weighted by Gasteiger charge is 2.40. The zero-order chi connectivity index (χ0) is 45.2. The van der Waals surface area contributed by atoms with Gasteiger partial charge in [-0.25, -0.2) is 4.79 Å². The van der Waals surface area contributed by atoms with E-state index in [1.54, 1.807) is 34.1 Å². The third-order valence-electron chi connectivity index (χ3n) is 12.0. The first-order chi connectivity index (χ1) is 29.5. The van der Waals surface area contributed by atoms with Crippen LogP contribution in [0.2, 0.25) is 18.1 Å². The summed E-state index contributed by atoms with van der Waals surface area (Å²) in [6.45, 7) is 23.5. The SMILES string of the molecule is C=C1C[C@@H](CO[Si](C)(C)C(C)(C)C)N(C(=O)c2cc(OC)c(OCCCCCOc3cc(NC(=O)OCc4ccccc4)c(C(=O)N4CC(=C)C[C@H]4CC)cc3OC)cc2N)C1. The molecule has 62 heavy (non-hydrogen) atoms. The number of rotatable bonds is 19. The average Bonchev–Trinajstić information content (AvgIpc) is 3.82. The number of carbonyl (C=O) groups is 3. The molecule has 14 heteroatoms. The monoisotopic (exact) mass is 870 g/mol. The third kappa shape index (κ3) is 11.9. The number of likely N-dealkylation sites (tertiary alicyclic amines) is 2. The molecule has 2 saturated heterocycles. The van der Waals surface area contributed by atoms with Gasteiger partial charge in [0.25, 0.3) is 11.8 Å². The van der Waals surface area contributed by atoms with Gasteiger partial charge in [0.05, 0.1) is 56.9 Å².